The number of nitrogens with one attached hydrogen (secondary N) is 1. The lowest BCUT2D eigenvalue weighted by Gasteiger charge is -2.16. The predicted octanol–water partition coefficient (Wildman–Crippen LogP) is 1.56. The number of pyridine rings is 1. The number of aromatic nitrogens is 3. The Hall–Kier alpha value is -1.72. The number of aryl methyl sites for hydroxylation is 1. The first kappa shape index (κ1) is 14.7. The van der Waals surface area contributed by atoms with Crippen molar-refractivity contribution in [1.82, 2.24) is 24.8 Å². The minimum Gasteiger partial charge on any atom is -0.337 e. The molecule has 0 unspecified atom stereocenters. The highest BCUT2D eigenvalue weighted by Crippen LogP contribution is 2.06. The van der Waals surface area contributed by atoms with Crippen molar-refractivity contribution in [3.8, 4) is 0 Å². The van der Waals surface area contributed by atoms with Gasteiger partial charge in [0, 0.05) is 38.7 Å². The molecule has 0 saturated carbocycles. The van der Waals surface area contributed by atoms with Crippen LogP contribution in [-0.4, -0.2) is 33.0 Å². The number of rotatable bonds is 7. The van der Waals surface area contributed by atoms with Gasteiger partial charge in [0.1, 0.15) is 5.82 Å². The third-order valence-corrected chi connectivity index (χ3v) is 3.23. The van der Waals surface area contributed by atoms with Crippen molar-refractivity contribution < 1.29 is 0 Å². The van der Waals surface area contributed by atoms with Gasteiger partial charge in [-0.1, -0.05) is 13.0 Å². The van der Waals surface area contributed by atoms with E-state index in [2.05, 4.69) is 46.3 Å². The van der Waals surface area contributed by atoms with E-state index < -0.39 is 0 Å². The Morgan fingerprint density at radius 3 is 2.70 bits per heavy atom. The van der Waals surface area contributed by atoms with Crippen molar-refractivity contribution in [3.63, 3.8) is 0 Å². The maximum absolute atomic E-state index is 4.51. The van der Waals surface area contributed by atoms with E-state index >= 15 is 0 Å². The highest BCUT2D eigenvalue weighted by molar-refractivity contribution is 5.14. The largest absolute Gasteiger partial charge is 0.337 e. The van der Waals surface area contributed by atoms with Crippen LogP contribution in [0.1, 0.15) is 24.0 Å². The minimum absolute atomic E-state index is 0.824. The van der Waals surface area contributed by atoms with E-state index in [9.17, 15) is 0 Å². The average molecular weight is 273 g/mol. The number of hydrogen-bond acceptors (Lipinski definition) is 4. The lowest BCUT2D eigenvalue weighted by Crippen LogP contribution is -2.20. The zero-order chi connectivity index (χ0) is 14.4. The summed E-state index contributed by atoms with van der Waals surface area (Å²) < 4.78 is 2.05. The molecule has 2 rings (SSSR count). The Morgan fingerprint density at radius 2 is 2.10 bits per heavy atom. The summed E-state index contributed by atoms with van der Waals surface area (Å²) in [6.45, 7) is 5.62. The molecule has 1 N–H and O–H groups in total. The van der Waals surface area contributed by atoms with Gasteiger partial charge in [0.2, 0.25) is 0 Å². The first-order valence-corrected chi connectivity index (χ1v) is 6.98. The second kappa shape index (κ2) is 7.17. The van der Waals surface area contributed by atoms with Gasteiger partial charge in [-0.05, 0) is 25.2 Å². The Morgan fingerprint density at radius 1 is 1.25 bits per heavy atom. The first-order chi connectivity index (χ1) is 9.69. The normalized spacial score (nSPS) is 11.2. The van der Waals surface area contributed by atoms with Gasteiger partial charge >= 0.3 is 0 Å². The van der Waals surface area contributed by atoms with Gasteiger partial charge in [-0.3, -0.25) is 9.88 Å². The highest BCUT2D eigenvalue weighted by atomic mass is 15.2. The molecule has 0 spiro atoms. The van der Waals surface area contributed by atoms with Gasteiger partial charge in [0.25, 0.3) is 0 Å². The smallest absolute Gasteiger partial charge is 0.122 e. The number of nitrogens with zero attached hydrogens (tertiary/aromatic N) is 4. The second-order valence-electron chi connectivity index (χ2n) is 5.06. The molecular weight excluding hydrogens is 250 g/mol. The average Bonchev–Trinajstić information content (AvgIpc) is 2.83. The Balaban J connectivity index is 1.87. The molecule has 2 aromatic rings. The minimum atomic E-state index is 0.824. The molecule has 0 radical (unpaired) electrons. The molecule has 0 aliphatic heterocycles. The molecule has 0 aliphatic rings. The SMILES string of the molecule is CCNCc1ccc(CN(C)Cc2nccn2C)nc1. The molecule has 0 bridgehead atoms. The zero-order valence-corrected chi connectivity index (χ0v) is 12.5. The van der Waals surface area contributed by atoms with Gasteiger partial charge in [-0.15, -0.1) is 0 Å². The topological polar surface area (TPSA) is 46.0 Å². The fourth-order valence-corrected chi connectivity index (χ4v) is 2.05. The van der Waals surface area contributed by atoms with E-state index in [-0.39, 0.29) is 0 Å². The van der Waals surface area contributed by atoms with Crippen LogP contribution in [0.25, 0.3) is 0 Å². The third kappa shape index (κ3) is 4.15. The fourth-order valence-electron chi connectivity index (χ4n) is 2.05. The van der Waals surface area contributed by atoms with Crippen molar-refractivity contribution in [3.05, 3.63) is 47.8 Å². The van der Waals surface area contributed by atoms with Gasteiger partial charge in [0.05, 0.1) is 12.2 Å². The van der Waals surface area contributed by atoms with Crippen LogP contribution in [-0.2, 0) is 26.7 Å². The highest BCUT2D eigenvalue weighted by Gasteiger charge is 2.06. The summed E-state index contributed by atoms with van der Waals surface area (Å²) in [5, 5.41) is 3.30. The first-order valence-electron chi connectivity index (χ1n) is 6.98. The molecule has 108 valence electrons. The molecule has 0 saturated heterocycles. The summed E-state index contributed by atoms with van der Waals surface area (Å²) in [5.41, 5.74) is 2.31. The summed E-state index contributed by atoms with van der Waals surface area (Å²) in [7, 11) is 4.10. The van der Waals surface area contributed by atoms with Crippen LogP contribution in [0.15, 0.2) is 30.7 Å². The molecule has 0 atom stereocenters. The van der Waals surface area contributed by atoms with Gasteiger partial charge in [0.15, 0.2) is 0 Å². The molecule has 2 heterocycles. The maximum Gasteiger partial charge on any atom is 0.122 e. The molecule has 0 aliphatic carbocycles. The Bertz CT molecular complexity index is 517. The standard InChI is InChI=1S/C15H23N5/c1-4-16-9-13-5-6-14(18-10-13)11-19(2)12-15-17-7-8-20(15)3/h5-8,10,16H,4,9,11-12H2,1-3H3. The molecular formula is C15H23N5. The quantitative estimate of drug-likeness (QED) is 0.831. The Labute approximate surface area is 120 Å². The van der Waals surface area contributed by atoms with E-state index in [0.29, 0.717) is 0 Å². The van der Waals surface area contributed by atoms with E-state index in [4.69, 9.17) is 0 Å². The van der Waals surface area contributed by atoms with Gasteiger partial charge < -0.3 is 9.88 Å². The van der Waals surface area contributed by atoms with Crippen LogP contribution in [0.3, 0.4) is 0 Å². The van der Waals surface area contributed by atoms with Crippen molar-refractivity contribution in [2.24, 2.45) is 7.05 Å². The fraction of sp³-hybridized carbons (Fsp3) is 0.467. The monoisotopic (exact) mass is 273 g/mol. The van der Waals surface area contributed by atoms with Crippen LogP contribution < -0.4 is 5.32 Å². The van der Waals surface area contributed by atoms with Crippen LogP contribution in [0.2, 0.25) is 0 Å². The lowest BCUT2D eigenvalue weighted by atomic mass is 10.2. The summed E-state index contributed by atoms with van der Waals surface area (Å²) in [6.07, 6.45) is 5.75. The molecule has 2 aromatic heterocycles. The van der Waals surface area contributed by atoms with Crippen molar-refractivity contribution in [2.45, 2.75) is 26.6 Å². The van der Waals surface area contributed by atoms with E-state index in [1.165, 1.54) is 5.56 Å². The third-order valence-electron chi connectivity index (χ3n) is 3.23. The number of imidazole rings is 1. The summed E-state index contributed by atoms with van der Waals surface area (Å²) >= 11 is 0. The van der Waals surface area contributed by atoms with Crippen molar-refractivity contribution in [2.75, 3.05) is 13.6 Å². The van der Waals surface area contributed by atoms with Crippen LogP contribution >= 0.6 is 0 Å². The molecule has 5 heteroatoms. The van der Waals surface area contributed by atoms with Crippen LogP contribution in [0.4, 0.5) is 0 Å². The lowest BCUT2D eigenvalue weighted by molar-refractivity contribution is 0.303. The summed E-state index contributed by atoms with van der Waals surface area (Å²) in [5.74, 6) is 1.07. The van der Waals surface area contributed by atoms with Crippen molar-refractivity contribution in [1.29, 1.82) is 0 Å². The van der Waals surface area contributed by atoms with Crippen molar-refractivity contribution >= 4 is 0 Å². The Kier molecular flexibility index (Phi) is 5.26. The molecule has 5 nitrogen and oxygen atoms in total. The number of hydrogen-bond donors (Lipinski definition) is 1. The van der Waals surface area contributed by atoms with Crippen LogP contribution in [0, 0.1) is 0 Å². The molecule has 20 heavy (non-hydrogen) atoms. The molecule has 0 amide bonds. The maximum atomic E-state index is 4.51. The predicted molar refractivity (Wildman–Crippen MR) is 80.0 cm³/mol. The summed E-state index contributed by atoms with van der Waals surface area (Å²) in [6, 6.07) is 4.24. The molecule has 0 fully saturated rings. The van der Waals surface area contributed by atoms with Gasteiger partial charge in [-0.25, -0.2) is 4.98 Å². The van der Waals surface area contributed by atoms with Gasteiger partial charge in [-0.2, -0.15) is 0 Å². The van der Waals surface area contributed by atoms with Crippen LogP contribution in [0.5, 0.6) is 0 Å². The van der Waals surface area contributed by atoms with E-state index in [1.54, 1.807) is 0 Å². The zero-order valence-electron chi connectivity index (χ0n) is 12.5. The summed E-state index contributed by atoms with van der Waals surface area (Å²) in [4.78, 5) is 11.1. The van der Waals surface area contributed by atoms with E-state index in [0.717, 1.165) is 37.7 Å². The van der Waals surface area contributed by atoms with E-state index in [1.807, 2.05) is 30.2 Å². The second-order valence-corrected chi connectivity index (χ2v) is 5.06. The molecule has 0 aromatic carbocycles.